The van der Waals surface area contributed by atoms with E-state index in [0.717, 1.165) is 32.6 Å². The van der Waals surface area contributed by atoms with Crippen LogP contribution in [0.15, 0.2) is 60.7 Å². The Hall–Kier alpha value is -1.64. The number of rotatable bonds is 10. The zero-order valence-corrected chi connectivity index (χ0v) is 14.5. The molecule has 0 saturated carbocycles. The van der Waals surface area contributed by atoms with Crippen LogP contribution in [-0.4, -0.2) is 24.0 Å². The molecular weight excluding hydrogens is 280 g/mol. The maximum atomic E-state index is 3.60. The molecule has 124 valence electrons. The summed E-state index contributed by atoms with van der Waals surface area (Å²) in [6.45, 7) is 8.68. The zero-order chi connectivity index (χ0) is 16.3. The summed E-state index contributed by atoms with van der Waals surface area (Å²) in [7, 11) is 0. The Bertz CT molecular complexity index is 483. The molecule has 23 heavy (non-hydrogen) atoms. The lowest BCUT2D eigenvalue weighted by Crippen LogP contribution is -2.41. The molecule has 0 saturated heterocycles. The number of hydrogen-bond acceptors (Lipinski definition) is 2. The van der Waals surface area contributed by atoms with Gasteiger partial charge in [-0.05, 0) is 30.5 Å². The number of nitrogens with zero attached hydrogens (tertiary/aromatic N) is 1. The first kappa shape index (κ1) is 17.7. The van der Waals surface area contributed by atoms with Gasteiger partial charge in [-0.2, -0.15) is 0 Å². The quantitative estimate of drug-likeness (QED) is 0.651. The van der Waals surface area contributed by atoms with Gasteiger partial charge in [0.15, 0.2) is 0 Å². The maximum Gasteiger partial charge on any atom is 0.0240 e. The first-order valence-electron chi connectivity index (χ1n) is 8.86. The lowest BCUT2D eigenvalue weighted by molar-refractivity contribution is 0.169. The minimum atomic E-state index is 0.557. The molecule has 0 aliphatic carbocycles. The van der Waals surface area contributed by atoms with Crippen molar-refractivity contribution < 1.29 is 0 Å². The lowest BCUT2D eigenvalue weighted by atomic mass is 10.1. The fourth-order valence-corrected chi connectivity index (χ4v) is 2.93. The molecule has 0 heterocycles. The molecule has 1 unspecified atom stereocenters. The van der Waals surface area contributed by atoms with Gasteiger partial charge in [0.05, 0.1) is 0 Å². The van der Waals surface area contributed by atoms with Gasteiger partial charge in [-0.15, -0.1) is 0 Å². The Morgan fingerprint density at radius 2 is 1.35 bits per heavy atom. The highest BCUT2D eigenvalue weighted by Crippen LogP contribution is 2.15. The van der Waals surface area contributed by atoms with Crippen LogP contribution in [0.3, 0.4) is 0 Å². The highest BCUT2D eigenvalue weighted by atomic mass is 15.2. The van der Waals surface area contributed by atoms with Crippen molar-refractivity contribution in [3.63, 3.8) is 0 Å². The zero-order valence-electron chi connectivity index (χ0n) is 14.5. The Morgan fingerprint density at radius 3 is 1.78 bits per heavy atom. The average molecular weight is 310 g/mol. The van der Waals surface area contributed by atoms with E-state index in [1.165, 1.54) is 17.5 Å². The molecule has 2 heteroatoms. The van der Waals surface area contributed by atoms with Crippen molar-refractivity contribution in [2.24, 2.45) is 0 Å². The summed E-state index contributed by atoms with van der Waals surface area (Å²) in [5.74, 6) is 0. The number of nitrogens with one attached hydrogen (secondary N) is 1. The second-order valence-electron chi connectivity index (χ2n) is 6.14. The van der Waals surface area contributed by atoms with Crippen LogP contribution < -0.4 is 5.32 Å². The van der Waals surface area contributed by atoms with Gasteiger partial charge >= 0.3 is 0 Å². The molecule has 2 rings (SSSR count). The van der Waals surface area contributed by atoms with Gasteiger partial charge in [-0.1, -0.05) is 74.5 Å². The molecule has 0 aliphatic heterocycles. The number of benzene rings is 2. The second-order valence-corrected chi connectivity index (χ2v) is 6.14. The third kappa shape index (κ3) is 6.17. The summed E-state index contributed by atoms with van der Waals surface area (Å²) >= 11 is 0. The van der Waals surface area contributed by atoms with Crippen molar-refractivity contribution in [2.75, 3.05) is 13.1 Å². The molecule has 0 radical (unpaired) electrons. The van der Waals surface area contributed by atoms with Crippen LogP contribution in [0.4, 0.5) is 0 Å². The summed E-state index contributed by atoms with van der Waals surface area (Å²) in [6, 6.07) is 22.2. The highest BCUT2D eigenvalue weighted by molar-refractivity contribution is 5.17. The van der Waals surface area contributed by atoms with Gasteiger partial charge in [-0.3, -0.25) is 4.90 Å². The van der Waals surface area contributed by atoms with E-state index >= 15 is 0 Å². The monoisotopic (exact) mass is 310 g/mol. The molecule has 0 bridgehead atoms. The number of hydrogen-bond donors (Lipinski definition) is 1. The SMILES string of the molecule is CCCNCC(CC)N(Cc1ccccc1)Cc1ccccc1. The van der Waals surface area contributed by atoms with E-state index in [-0.39, 0.29) is 0 Å². The summed E-state index contributed by atoms with van der Waals surface area (Å²) in [4.78, 5) is 2.60. The van der Waals surface area contributed by atoms with Gasteiger partial charge in [0.2, 0.25) is 0 Å². The molecule has 2 nitrogen and oxygen atoms in total. The average Bonchev–Trinajstić information content (AvgIpc) is 2.60. The molecule has 1 N–H and O–H groups in total. The van der Waals surface area contributed by atoms with Crippen LogP contribution in [0, 0.1) is 0 Å². The molecule has 0 aliphatic rings. The topological polar surface area (TPSA) is 15.3 Å². The molecule has 2 aromatic carbocycles. The van der Waals surface area contributed by atoms with E-state index in [9.17, 15) is 0 Å². The fourth-order valence-electron chi connectivity index (χ4n) is 2.93. The van der Waals surface area contributed by atoms with Crippen molar-refractivity contribution in [1.82, 2.24) is 10.2 Å². The summed E-state index contributed by atoms with van der Waals surface area (Å²) in [5.41, 5.74) is 2.77. The molecule has 2 aromatic rings. The molecular formula is C21H30N2. The molecule has 0 fully saturated rings. The van der Waals surface area contributed by atoms with E-state index in [1.54, 1.807) is 0 Å². The van der Waals surface area contributed by atoms with Crippen LogP contribution in [0.1, 0.15) is 37.8 Å². The van der Waals surface area contributed by atoms with E-state index in [4.69, 9.17) is 0 Å². The van der Waals surface area contributed by atoms with Crippen molar-refractivity contribution in [3.05, 3.63) is 71.8 Å². The Kier molecular flexibility index (Phi) is 7.85. The second kappa shape index (κ2) is 10.2. The predicted octanol–water partition coefficient (Wildman–Crippen LogP) is 4.47. The summed E-state index contributed by atoms with van der Waals surface area (Å²) in [6.07, 6.45) is 2.35. The molecule has 0 aromatic heterocycles. The Morgan fingerprint density at radius 1 is 0.826 bits per heavy atom. The van der Waals surface area contributed by atoms with Crippen molar-refractivity contribution in [2.45, 2.75) is 45.8 Å². The first-order valence-corrected chi connectivity index (χ1v) is 8.86. The minimum absolute atomic E-state index is 0.557. The van der Waals surface area contributed by atoms with Gasteiger partial charge in [0, 0.05) is 25.7 Å². The van der Waals surface area contributed by atoms with E-state index in [2.05, 4.69) is 84.7 Å². The van der Waals surface area contributed by atoms with Gasteiger partial charge < -0.3 is 5.32 Å². The van der Waals surface area contributed by atoms with Crippen LogP contribution >= 0.6 is 0 Å². The molecule has 1 atom stereocenters. The van der Waals surface area contributed by atoms with Gasteiger partial charge in [-0.25, -0.2) is 0 Å². The van der Waals surface area contributed by atoms with Gasteiger partial charge in [0.1, 0.15) is 0 Å². The maximum absolute atomic E-state index is 3.60. The van der Waals surface area contributed by atoms with E-state index in [1.807, 2.05) is 0 Å². The minimum Gasteiger partial charge on any atom is -0.315 e. The van der Waals surface area contributed by atoms with Crippen LogP contribution in [-0.2, 0) is 13.1 Å². The summed E-state index contributed by atoms with van der Waals surface area (Å²) in [5, 5.41) is 3.60. The third-order valence-electron chi connectivity index (χ3n) is 4.25. The molecule has 0 amide bonds. The van der Waals surface area contributed by atoms with E-state index in [0.29, 0.717) is 6.04 Å². The van der Waals surface area contributed by atoms with Crippen molar-refractivity contribution >= 4 is 0 Å². The van der Waals surface area contributed by atoms with Crippen molar-refractivity contribution in [3.8, 4) is 0 Å². The summed E-state index contributed by atoms with van der Waals surface area (Å²) < 4.78 is 0. The van der Waals surface area contributed by atoms with Crippen LogP contribution in [0.5, 0.6) is 0 Å². The predicted molar refractivity (Wildman–Crippen MR) is 99.4 cm³/mol. The highest BCUT2D eigenvalue weighted by Gasteiger charge is 2.17. The first-order chi connectivity index (χ1) is 11.3. The normalized spacial score (nSPS) is 12.5. The molecule has 0 spiro atoms. The fraction of sp³-hybridized carbons (Fsp3) is 0.429. The standard InChI is InChI=1S/C21H30N2/c1-3-15-22-16-21(4-2)23(17-19-11-7-5-8-12-19)18-20-13-9-6-10-14-20/h5-14,21-22H,3-4,15-18H2,1-2H3. The lowest BCUT2D eigenvalue weighted by Gasteiger charge is -2.31. The van der Waals surface area contributed by atoms with Crippen molar-refractivity contribution in [1.29, 1.82) is 0 Å². The van der Waals surface area contributed by atoms with Crippen LogP contribution in [0.2, 0.25) is 0 Å². The third-order valence-corrected chi connectivity index (χ3v) is 4.25. The van der Waals surface area contributed by atoms with E-state index < -0.39 is 0 Å². The van der Waals surface area contributed by atoms with Crippen LogP contribution in [0.25, 0.3) is 0 Å². The smallest absolute Gasteiger partial charge is 0.0240 e. The van der Waals surface area contributed by atoms with Gasteiger partial charge in [0.25, 0.3) is 0 Å². The Balaban J connectivity index is 2.08. The Labute approximate surface area is 141 Å². The largest absolute Gasteiger partial charge is 0.315 e.